The van der Waals surface area contributed by atoms with Crippen molar-refractivity contribution in [3.8, 4) is 0 Å². The quantitative estimate of drug-likeness (QED) is 0.772. The van der Waals surface area contributed by atoms with Gasteiger partial charge >= 0.3 is 0 Å². The molecule has 0 aromatic rings. The summed E-state index contributed by atoms with van der Waals surface area (Å²) in [4.78, 5) is 2.83. The molecule has 1 aliphatic heterocycles. The van der Waals surface area contributed by atoms with Crippen LogP contribution in [0.15, 0.2) is 0 Å². The van der Waals surface area contributed by atoms with Gasteiger partial charge in [-0.05, 0) is 38.5 Å². The predicted molar refractivity (Wildman–Crippen MR) is 67.6 cm³/mol. The van der Waals surface area contributed by atoms with E-state index in [-0.39, 0.29) is 0 Å². The second-order valence-electron chi connectivity index (χ2n) is 6.19. The van der Waals surface area contributed by atoms with Crippen molar-refractivity contribution >= 4 is 0 Å². The maximum atomic E-state index is 3.76. The fourth-order valence-electron chi connectivity index (χ4n) is 3.65. The molecular formula is C14H26N2. The zero-order valence-corrected chi connectivity index (χ0v) is 10.6. The third-order valence-corrected chi connectivity index (χ3v) is 4.88. The van der Waals surface area contributed by atoms with Gasteiger partial charge in [0.05, 0.1) is 0 Å². The molecule has 0 amide bonds. The van der Waals surface area contributed by atoms with Gasteiger partial charge in [-0.3, -0.25) is 4.90 Å². The van der Waals surface area contributed by atoms with Gasteiger partial charge in [0, 0.05) is 31.2 Å². The number of piperazine rings is 1. The Kier molecular flexibility index (Phi) is 3.21. The maximum Gasteiger partial charge on any atom is 0.0224 e. The van der Waals surface area contributed by atoms with Crippen LogP contribution in [-0.4, -0.2) is 36.1 Å². The number of nitrogens with one attached hydrogen (secondary N) is 1. The summed E-state index contributed by atoms with van der Waals surface area (Å²) in [6.07, 6.45) is 10.3. The molecule has 2 aliphatic carbocycles. The summed E-state index contributed by atoms with van der Waals surface area (Å²) in [5.74, 6) is 1.01. The van der Waals surface area contributed by atoms with Gasteiger partial charge in [-0.1, -0.05) is 19.3 Å². The first kappa shape index (κ1) is 11.0. The molecule has 2 saturated carbocycles. The topological polar surface area (TPSA) is 15.3 Å². The molecule has 92 valence electrons. The van der Waals surface area contributed by atoms with E-state index in [0.29, 0.717) is 0 Å². The average Bonchev–Trinajstić information content (AvgIpc) is 3.15. The molecule has 0 aromatic heterocycles. The number of rotatable bonds is 2. The second-order valence-corrected chi connectivity index (χ2v) is 6.19. The molecule has 16 heavy (non-hydrogen) atoms. The van der Waals surface area contributed by atoms with E-state index in [9.17, 15) is 0 Å². The molecular weight excluding hydrogens is 196 g/mol. The van der Waals surface area contributed by atoms with Crippen LogP contribution in [0.25, 0.3) is 0 Å². The van der Waals surface area contributed by atoms with Crippen LogP contribution < -0.4 is 5.32 Å². The fourth-order valence-corrected chi connectivity index (χ4v) is 3.65. The lowest BCUT2D eigenvalue weighted by molar-refractivity contribution is 0.0653. The highest BCUT2D eigenvalue weighted by molar-refractivity contribution is 4.95. The Hall–Kier alpha value is -0.0800. The first-order chi connectivity index (χ1) is 7.84. The Morgan fingerprint density at radius 2 is 1.75 bits per heavy atom. The van der Waals surface area contributed by atoms with Crippen LogP contribution >= 0.6 is 0 Å². The maximum absolute atomic E-state index is 3.76. The third kappa shape index (κ3) is 2.28. The second kappa shape index (κ2) is 4.66. The first-order valence-electron chi connectivity index (χ1n) is 7.34. The van der Waals surface area contributed by atoms with Gasteiger partial charge < -0.3 is 5.32 Å². The molecule has 3 aliphatic rings. The van der Waals surface area contributed by atoms with Crippen molar-refractivity contribution in [3.63, 3.8) is 0 Å². The summed E-state index contributed by atoms with van der Waals surface area (Å²) in [7, 11) is 0. The molecule has 0 bridgehead atoms. The van der Waals surface area contributed by atoms with Crippen molar-refractivity contribution < 1.29 is 0 Å². The van der Waals surface area contributed by atoms with Crippen LogP contribution in [0.1, 0.15) is 51.9 Å². The average molecular weight is 222 g/mol. The standard InChI is InChI=1S/C14H26N2/c1-11-9-15-14(12-7-8-12)10-16(11)13-5-3-2-4-6-13/h11-15H,2-10H2,1H3. The summed E-state index contributed by atoms with van der Waals surface area (Å²) in [6.45, 7) is 4.96. The Morgan fingerprint density at radius 3 is 2.44 bits per heavy atom. The smallest absolute Gasteiger partial charge is 0.0224 e. The third-order valence-electron chi connectivity index (χ3n) is 4.88. The van der Waals surface area contributed by atoms with Crippen molar-refractivity contribution in [1.82, 2.24) is 10.2 Å². The van der Waals surface area contributed by atoms with Crippen LogP contribution in [0, 0.1) is 5.92 Å². The molecule has 1 N–H and O–H groups in total. The Balaban J connectivity index is 1.61. The molecule has 0 radical (unpaired) electrons. The number of hydrogen-bond acceptors (Lipinski definition) is 2. The normalized spacial score (nSPS) is 38.8. The van der Waals surface area contributed by atoms with E-state index in [2.05, 4.69) is 17.1 Å². The largest absolute Gasteiger partial charge is 0.311 e. The molecule has 1 saturated heterocycles. The van der Waals surface area contributed by atoms with Crippen molar-refractivity contribution in [1.29, 1.82) is 0 Å². The zero-order chi connectivity index (χ0) is 11.0. The molecule has 2 heteroatoms. The number of nitrogens with zero attached hydrogens (tertiary/aromatic N) is 1. The summed E-state index contributed by atoms with van der Waals surface area (Å²) < 4.78 is 0. The minimum Gasteiger partial charge on any atom is -0.311 e. The fraction of sp³-hybridized carbons (Fsp3) is 1.00. The Morgan fingerprint density at radius 1 is 1.00 bits per heavy atom. The van der Waals surface area contributed by atoms with E-state index >= 15 is 0 Å². The molecule has 3 fully saturated rings. The van der Waals surface area contributed by atoms with Gasteiger partial charge in [-0.2, -0.15) is 0 Å². The molecule has 0 spiro atoms. The van der Waals surface area contributed by atoms with Gasteiger partial charge in [0.2, 0.25) is 0 Å². The lowest BCUT2D eigenvalue weighted by Gasteiger charge is -2.45. The van der Waals surface area contributed by atoms with E-state index in [1.807, 2.05) is 0 Å². The predicted octanol–water partition coefficient (Wildman–Crippen LogP) is 2.39. The summed E-state index contributed by atoms with van der Waals surface area (Å²) in [6, 6.07) is 2.49. The van der Waals surface area contributed by atoms with Crippen molar-refractivity contribution in [2.45, 2.75) is 70.0 Å². The SMILES string of the molecule is CC1CNC(C2CC2)CN1C1CCCCC1. The molecule has 2 atom stereocenters. The van der Waals surface area contributed by atoms with Crippen LogP contribution in [0.3, 0.4) is 0 Å². The van der Waals surface area contributed by atoms with Crippen LogP contribution in [0.5, 0.6) is 0 Å². The van der Waals surface area contributed by atoms with Crippen LogP contribution in [-0.2, 0) is 0 Å². The van der Waals surface area contributed by atoms with Gasteiger partial charge in [0.25, 0.3) is 0 Å². The molecule has 2 nitrogen and oxygen atoms in total. The van der Waals surface area contributed by atoms with Crippen LogP contribution in [0.4, 0.5) is 0 Å². The van der Waals surface area contributed by atoms with Gasteiger partial charge in [-0.15, -0.1) is 0 Å². The lowest BCUT2D eigenvalue weighted by Crippen LogP contribution is -2.59. The van der Waals surface area contributed by atoms with Crippen molar-refractivity contribution in [2.24, 2.45) is 5.92 Å². The van der Waals surface area contributed by atoms with Gasteiger partial charge in [0.1, 0.15) is 0 Å². The zero-order valence-electron chi connectivity index (χ0n) is 10.6. The highest BCUT2D eigenvalue weighted by Gasteiger charge is 2.38. The van der Waals surface area contributed by atoms with E-state index in [1.54, 1.807) is 0 Å². The monoisotopic (exact) mass is 222 g/mol. The number of hydrogen-bond donors (Lipinski definition) is 1. The molecule has 2 unspecified atom stereocenters. The van der Waals surface area contributed by atoms with Gasteiger partial charge in [-0.25, -0.2) is 0 Å². The van der Waals surface area contributed by atoms with Crippen LogP contribution in [0.2, 0.25) is 0 Å². The highest BCUT2D eigenvalue weighted by atomic mass is 15.3. The Labute approximate surface area is 99.8 Å². The van der Waals surface area contributed by atoms with Crippen molar-refractivity contribution in [3.05, 3.63) is 0 Å². The minimum atomic E-state index is 0.762. The van der Waals surface area contributed by atoms with E-state index in [0.717, 1.165) is 24.0 Å². The summed E-state index contributed by atoms with van der Waals surface area (Å²) in [5, 5.41) is 3.76. The summed E-state index contributed by atoms with van der Waals surface area (Å²) in [5.41, 5.74) is 0. The highest BCUT2D eigenvalue weighted by Crippen LogP contribution is 2.35. The van der Waals surface area contributed by atoms with E-state index in [4.69, 9.17) is 0 Å². The molecule has 0 aromatic carbocycles. The molecule has 1 heterocycles. The summed E-state index contributed by atoms with van der Waals surface area (Å²) >= 11 is 0. The Bertz CT molecular complexity index is 231. The van der Waals surface area contributed by atoms with E-state index < -0.39 is 0 Å². The lowest BCUT2D eigenvalue weighted by atomic mass is 9.91. The van der Waals surface area contributed by atoms with Crippen molar-refractivity contribution in [2.75, 3.05) is 13.1 Å². The molecule has 3 rings (SSSR count). The van der Waals surface area contributed by atoms with Gasteiger partial charge in [0.15, 0.2) is 0 Å². The minimum absolute atomic E-state index is 0.762. The van der Waals surface area contributed by atoms with E-state index in [1.165, 1.54) is 58.0 Å². The first-order valence-corrected chi connectivity index (χ1v) is 7.34.